The Morgan fingerprint density at radius 1 is 1.12 bits per heavy atom. The first-order chi connectivity index (χ1) is 16.1. The summed E-state index contributed by atoms with van der Waals surface area (Å²) in [7, 11) is 0. The quantitative estimate of drug-likeness (QED) is 0.615. The van der Waals surface area contributed by atoms with Gasteiger partial charge >= 0.3 is 6.03 Å². The summed E-state index contributed by atoms with van der Waals surface area (Å²) in [5.41, 5.74) is 0.793. The third kappa shape index (κ3) is 4.63. The number of aromatic amines is 1. The topological polar surface area (TPSA) is 92.9 Å². The lowest BCUT2D eigenvalue weighted by atomic mass is 10.1. The van der Waals surface area contributed by atoms with Crippen LogP contribution < -0.4 is 20.3 Å². The number of ether oxygens (including phenoxy) is 3. The van der Waals surface area contributed by atoms with E-state index in [0.29, 0.717) is 48.9 Å². The summed E-state index contributed by atoms with van der Waals surface area (Å²) in [5, 5.41) is 3.37. The highest BCUT2D eigenvalue weighted by molar-refractivity contribution is 5.89. The van der Waals surface area contributed by atoms with Crippen molar-refractivity contribution in [3.63, 3.8) is 0 Å². The van der Waals surface area contributed by atoms with Gasteiger partial charge in [-0.25, -0.2) is 9.18 Å². The zero-order chi connectivity index (χ0) is 22.8. The number of amides is 2. The minimum absolute atomic E-state index is 0.0415. The van der Waals surface area contributed by atoms with Crippen LogP contribution in [0.15, 0.2) is 47.3 Å². The van der Waals surface area contributed by atoms with Gasteiger partial charge in [-0.3, -0.25) is 4.79 Å². The number of anilines is 1. The van der Waals surface area contributed by atoms with E-state index in [0.717, 1.165) is 18.2 Å². The summed E-state index contributed by atoms with van der Waals surface area (Å²) in [6, 6.07) is 10.8. The molecule has 33 heavy (non-hydrogen) atoms. The van der Waals surface area contributed by atoms with E-state index in [1.165, 1.54) is 17.0 Å². The molecule has 2 aliphatic heterocycles. The molecule has 0 spiro atoms. The molecule has 0 aliphatic carbocycles. The van der Waals surface area contributed by atoms with Crippen molar-refractivity contribution in [1.29, 1.82) is 0 Å². The molecule has 1 saturated heterocycles. The maximum absolute atomic E-state index is 14.1. The first kappa shape index (κ1) is 21.3. The molecule has 5 rings (SSSR count). The van der Waals surface area contributed by atoms with E-state index in [-0.39, 0.29) is 23.9 Å². The fraction of sp³-hybridized carbons (Fsp3) is 0.333. The zero-order valence-electron chi connectivity index (χ0n) is 17.9. The van der Waals surface area contributed by atoms with E-state index in [4.69, 9.17) is 14.2 Å². The van der Waals surface area contributed by atoms with E-state index in [1.54, 1.807) is 24.3 Å². The lowest BCUT2D eigenvalue weighted by Crippen LogP contribution is -2.41. The summed E-state index contributed by atoms with van der Waals surface area (Å²) < 4.78 is 31.0. The number of hydrogen-bond acceptors (Lipinski definition) is 5. The molecule has 3 aromatic rings. The van der Waals surface area contributed by atoms with Crippen LogP contribution in [0.3, 0.4) is 0 Å². The highest BCUT2D eigenvalue weighted by Gasteiger charge is 2.24. The molecular weight excluding hydrogens is 429 g/mol. The average molecular weight is 453 g/mol. The number of pyridine rings is 1. The van der Waals surface area contributed by atoms with E-state index in [9.17, 15) is 14.0 Å². The molecule has 2 N–H and O–H groups in total. The number of benzene rings is 2. The zero-order valence-corrected chi connectivity index (χ0v) is 17.9. The number of carbonyl (C=O) groups excluding carboxylic acids is 1. The SMILES string of the molecule is O=C(Nc1ccccc1F)N(Cc1cc2cc3c(cc2[nH]c1=O)OCCO3)C[C@H]1CCCO1. The Bertz CT molecular complexity index is 1240. The number of rotatable bonds is 5. The Hall–Kier alpha value is -3.59. The van der Waals surface area contributed by atoms with Gasteiger partial charge in [0.05, 0.1) is 23.9 Å². The average Bonchev–Trinajstić information content (AvgIpc) is 3.32. The van der Waals surface area contributed by atoms with E-state index in [1.807, 2.05) is 6.07 Å². The molecule has 0 unspecified atom stereocenters. The smallest absolute Gasteiger partial charge is 0.322 e. The van der Waals surface area contributed by atoms with Gasteiger partial charge in [0.1, 0.15) is 19.0 Å². The maximum atomic E-state index is 14.1. The highest BCUT2D eigenvalue weighted by atomic mass is 19.1. The van der Waals surface area contributed by atoms with Gasteiger partial charge in [-0.05, 0) is 37.1 Å². The Morgan fingerprint density at radius 3 is 2.67 bits per heavy atom. The van der Waals surface area contributed by atoms with Crippen molar-refractivity contribution >= 4 is 22.6 Å². The molecule has 2 amide bonds. The predicted molar refractivity (Wildman–Crippen MR) is 120 cm³/mol. The number of para-hydroxylation sites is 1. The van der Waals surface area contributed by atoms with Gasteiger partial charge in [0, 0.05) is 30.2 Å². The largest absolute Gasteiger partial charge is 0.486 e. The minimum atomic E-state index is -0.529. The van der Waals surface area contributed by atoms with Crippen LogP contribution in [-0.4, -0.2) is 48.4 Å². The number of aromatic nitrogens is 1. The Kier molecular flexibility index (Phi) is 5.87. The van der Waals surface area contributed by atoms with Gasteiger partial charge in [0.25, 0.3) is 5.56 Å². The normalized spacial score (nSPS) is 17.2. The molecule has 8 nitrogen and oxygen atoms in total. The monoisotopic (exact) mass is 453 g/mol. The van der Waals surface area contributed by atoms with Gasteiger partial charge in [-0.1, -0.05) is 12.1 Å². The number of nitrogens with zero attached hydrogens (tertiary/aromatic N) is 1. The second kappa shape index (κ2) is 9.11. The van der Waals surface area contributed by atoms with Gasteiger partial charge < -0.3 is 29.4 Å². The van der Waals surface area contributed by atoms with Crippen molar-refractivity contribution in [2.45, 2.75) is 25.5 Å². The standard InChI is InChI=1S/C24H24FN3O5/c25-18-5-1-2-6-19(18)27-24(30)28(14-17-4-3-7-31-17)13-16-10-15-11-21-22(33-9-8-32-21)12-20(15)26-23(16)29/h1-2,5-6,10-12,17H,3-4,7-9,13-14H2,(H,26,29)(H,27,30)/t17-/m1/s1. The fourth-order valence-electron chi connectivity index (χ4n) is 4.12. The van der Waals surface area contributed by atoms with Gasteiger partial charge in [-0.2, -0.15) is 0 Å². The van der Waals surface area contributed by atoms with E-state index >= 15 is 0 Å². The molecule has 2 aromatic carbocycles. The molecule has 1 aromatic heterocycles. The number of fused-ring (bicyclic) bond motifs is 2. The molecule has 1 atom stereocenters. The third-order valence-electron chi connectivity index (χ3n) is 5.80. The van der Waals surface area contributed by atoms with Crippen LogP contribution in [0.25, 0.3) is 10.9 Å². The van der Waals surface area contributed by atoms with Crippen molar-refractivity contribution < 1.29 is 23.4 Å². The lowest BCUT2D eigenvalue weighted by Gasteiger charge is -2.26. The molecule has 0 radical (unpaired) electrons. The second-order valence-electron chi connectivity index (χ2n) is 8.13. The van der Waals surface area contributed by atoms with Crippen LogP contribution in [0.1, 0.15) is 18.4 Å². The molecular formula is C24H24FN3O5. The summed E-state index contributed by atoms with van der Waals surface area (Å²) >= 11 is 0. The van der Waals surface area contributed by atoms with Crippen molar-refractivity contribution in [2.75, 3.05) is 31.7 Å². The first-order valence-corrected chi connectivity index (χ1v) is 10.9. The van der Waals surface area contributed by atoms with Crippen molar-refractivity contribution in [3.05, 3.63) is 64.2 Å². The Balaban J connectivity index is 1.43. The predicted octanol–water partition coefficient (Wildman–Crippen LogP) is 3.65. The van der Waals surface area contributed by atoms with Crippen LogP contribution in [0.4, 0.5) is 14.9 Å². The number of halogens is 1. The first-order valence-electron chi connectivity index (χ1n) is 10.9. The number of hydrogen-bond donors (Lipinski definition) is 2. The van der Waals surface area contributed by atoms with Gasteiger partial charge in [-0.15, -0.1) is 0 Å². The number of urea groups is 1. The van der Waals surface area contributed by atoms with Crippen LogP contribution >= 0.6 is 0 Å². The van der Waals surface area contributed by atoms with Crippen LogP contribution in [0, 0.1) is 5.82 Å². The fourth-order valence-corrected chi connectivity index (χ4v) is 4.12. The van der Waals surface area contributed by atoms with Crippen LogP contribution in [0.2, 0.25) is 0 Å². The summed E-state index contributed by atoms with van der Waals surface area (Å²) in [6.45, 7) is 1.88. The molecule has 0 bridgehead atoms. The minimum Gasteiger partial charge on any atom is -0.486 e. The van der Waals surface area contributed by atoms with Crippen LogP contribution in [0.5, 0.6) is 11.5 Å². The van der Waals surface area contributed by atoms with E-state index in [2.05, 4.69) is 10.3 Å². The van der Waals surface area contributed by atoms with Crippen molar-refractivity contribution in [3.8, 4) is 11.5 Å². The maximum Gasteiger partial charge on any atom is 0.322 e. The summed E-state index contributed by atoms with van der Waals surface area (Å²) in [4.78, 5) is 30.2. The van der Waals surface area contributed by atoms with Crippen LogP contribution in [-0.2, 0) is 11.3 Å². The van der Waals surface area contributed by atoms with Crippen molar-refractivity contribution in [1.82, 2.24) is 9.88 Å². The second-order valence-corrected chi connectivity index (χ2v) is 8.13. The number of H-pyrrole nitrogens is 1. The Labute approximate surface area is 189 Å². The molecule has 2 aliphatic rings. The molecule has 3 heterocycles. The third-order valence-corrected chi connectivity index (χ3v) is 5.80. The van der Waals surface area contributed by atoms with Crippen molar-refractivity contribution in [2.24, 2.45) is 0 Å². The molecule has 1 fully saturated rings. The summed E-state index contributed by atoms with van der Waals surface area (Å²) in [6.07, 6.45) is 1.60. The number of nitrogens with one attached hydrogen (secondary N) is 2. The molecule has 172 valence electrons. The highest BCUT2D eigenvalue weighted by Crippen LogP contribution is 2.33. The molecule has 0 saturated carbocycles. The van der Waals surface area contributed by atoms with E-state index < -0.39 is 11.8 Å². The lowest BCUT2D eigenvalue weighted by molar-refractivity contribution is 0.0818. The molecule has 9 heteroatoms. The van der Waals surface area contributed by atoms with Gasteiger partial charge in [0.2, 0.25) is 0 Å². The summed E-state index contributed by atoms with van der Waals surface area (Å²) in [5.74, 6) is 0.667. The number of carbonyl (C=O) groups is 1. The Morgan fingerprint density at radius 2 is 1.91 bits per heavy atom. The van der Waals surface area contributed by atoms with Gasteiger partial charge in [0.15, 0.2) is 11.5 Å².